The SMILES string of the molecule is C=CP(=O)(COC)OCC. The minimum absolute atomic E-state index is 0.115. The van der Waals surface area contributed by atoms with Crippen molar-refractivity contribution in [2.24, 2.45) is 0 Å². The van der Waals surface area contributed by atoms with Crippen LogP contribution in [0.3, 0.4) is 0 Å². The number of hydrogen-bond donors (Lipinski definition) is 0. The van der Waals surface area contributed by atoms with Crippen molar-refractivity contribution in [1.82, 2.24) is 0 Å². The van der Waals surface area contributed by atoms with Gasteiger partial charge in [0.15, 0.2) is 0 Å². The van der Waals surface area contributed by atoms with Crippen LogP contribution in [0.1, 0.15) is 6.92 Å². The lowest BCUT2D eigenvalue weighted by atomic mass is 10.9. The Hall–Kier alpha value is -0.110. The monoisotopic (exact) mass is 164 g/mol. The Balaban J connectivity index is 3.95. The van der Waals surface area contributed by atoms with Crippen molar-refractivity contribution < 1.29 is 13.8 Å². The van der Waals surface area contributed by atoms with Crippen molar-refractivity contribution >= 4 is 7.37 Å². The first-order chi connectivity index (χ1) is 4.68. The number of methoxy groups -OCH3 is 1. The lowest BCUT2D eigenvalue weighted by molar-refractivity contribution is 0.225. The molecule has 0 saturated heterocycles. The minimum atomic E-state index is -2.66. The highest BCUT2D eigenvalue weighted by atomic mass is 31.2. The molecule has 0 aromatic heterocycles. The Labute approximate surface area is 61.5 Å². The summed E-state index contributed by atoms with van der Waals surface area (Å²) in [6.07, 6.45) is 0.115. The molecule has 0 heterocycles. The van der Waals surface area contributed by atoms with E-state index in [1.807, 2.05) is 0 Å². The van der Waals surface area contributed by atoms with Gasteiger partial charge in [-0.2, -0.15) is 0 Å². The van der Waals surface area contributed by atoms with Gasteiger partial charge in [-0.1, -0.05) is 6.58 Å². The van der Waals surface area contributed by atoms with Gasteiger partial charge >= 0.3 is 0 Å². The third-order valence-electron chi connectivity index (χ3n) is 0.935. The second-order valence-electron chi connectivity index (χ2n) is 1.74. The van der Waals surface area contributed by atoms with Gasteiger partial charge in [0.05, 0.1) is 6.61 Å². The molecule has 0 aliphatic carbocycles. The van der Waals surface area contributed by atoms with Gasteiger partial charge in [-0.05, 0) is 12.7 Å². The molecule has 3 nitrogen and oxygen atoms in total. The van der Waals surface area contributed by atoms with E-state index in [1.165, 1.54) is 12.9 Å². The fourth-order valence-corrected chi connectivity index (χ4v) is 1.62. The van der Waals surface area contributed by atoms with E-state index in [4.69, 9.17) is 9.26 Å². The molecule has 1 atom stereocenters. The van der Waals surface area contributed by atoms with Crippen LogP contribution in [0.4, 0.5) is 0 Å². The molecule has 0 aromatic carbocycles. The highest BCUT2D eigenvalue weighted by molar-refractivity contribution is 7.62. The third-order valence-corrected chi connectivity index (χ3v) is 2.80. The first kappa shape index (κ1) is 9.89. The van der Waals surface area contributed by atoms with Crippen LogP contribution in [0, 0.1) is 0 Å². The summed E-state index contributed by atoms with van der Waals surface area (Å²) in [5.41, 5.74) is 0. The van der Waals surface area contributed by atoms with Gasteiger partial charge in [0.1, 0.15) is 6.35 Å². The van der Waals surface area contributed by atoms with Crippen LogP contribution in [-0.4, -0.2) is 20.1 Å². The molecule has 0 bridgehead atoms. The molecular weight excluding hydrogens is 151 g/mol. The van der Waals surface area contributed by atoms with E-state index >= 15 is 0 Å². The van der Waals surface area contributed by atoms with E-state index in [0.29, 0.717) is 6.61 Å². The topological polar surface area (TPSA) is 35.5 Å². The quantitative estimate of drug-likeness (QED) is 0.583. The largest absolute Gasteiger partial charge is 0.374 e. The first-order valence-electron chi connectivity index (χ1n) is 3.04. The van der Waals surface area contributed by atoms with Gasteiger partial charge < -0.3 is 9.26 Å². The zero-order valence-electron chi connectivity index (χ0n) is 6.37. The minimum Gasteiger partial charge on any atom is -0.374 e. The summed E-state index contributed by atoms with van der Waals surface area (Å²) >= 11 is 0. The van der Waals surface area contributed by atoms with Gasteiger partial charge in [0, 0.05) is 7.11 Å². The van der Waals surface area contributed by atoms with Crippen LogP contribution in [0.25, 0.3) is 0 Å². The van der Waals surface area contributed by atoms with Crippen LogP contribution in [0.15, 0.2) is 12.4 Å². The maximum absolute atomic E-state index is 11.3. The standard InChI is InChI=1S/C6H13O3P/c1-4-9-10(7,5-2)6-8-3/h5H,2,4,6H2,1,3H3. The van der Waals surface area contributed by atoms with Crippen molar-refractivity contribution in [3.63, 3.8) is 0 Å². The molecule has 0 aromatic rings. The van der Waals surface area contributed by atoms with Crippen LogP contribution in [0.2, 0.25) is 0 Å². The lowest BCUT2D eigenvalue weighted by Crippen LogP contribution is -1.93. The Morgan fingerprint density at radius 2 is 2.30 bits per heavy atom. The number of hydrogen-bond acceptors (Lipinski definition) is 3. The van der Waals surface area contributed by atoms with Crippen molar-refractivity contribution in [1.29, 1.82) is 0 Å². The summed E-state index contributed by atoms with van der Waals surface area (Å²) in [5, 5.41) is 0. The van der Waals surface area contributed by atoms with Crippen molar-refractivity contribution in [2.75, 3.05) is 20.1 Å². The number of rotatable bonds is 5. The van der Waals surface area contributed by atoms with E-state index in [1.54, 1.807) is 6.92 Å². The van der Waals surface area contributed by atoms with E-state index in [2.05, 4.69) is 6.58 Å². The second-order valence-corrected chi connectivity index (χ2v) is 4.08. The molecule has 0 aliphatic heterocycles. The van der Waals surface area contributed by atoms with E-state index in [0.717, 1.165) is 0 Å². The molecule has 1 unspecified atom stereocenters. The lowest BCUT2D eigenvalue weighted by Gasteiger charge is -2.10. The van der Waals surface area contributed by atoms with Crippen molar-refractivity contribution in [2.45, 2.75) is 6.92 Å². The average molecular weight is 164 g/mol. The van der Waals surface area contributed by atoms with E-state index < -0.39 is 7.37 Å². The summed E-state index contributed by atoms with van der Waals surface area (Å²) in [6, 6.07) is 0. The maximum Gasteiger partial charge on any atom is 0.249 e. The summed E-state index contributed by atoms with van der Waals surface area (Å²) in [6.45, 7) is 5.61. The second kappa shape index (κ2) is 4.67. The predicted molar refractivity (Wildman–Crippen MR) is 41.3 cm³/mol. The summed E-state index contributed by atoms with van der Waals surface area (Å²) in [4.78, 5) is 0. The highest BCUT2D eigenvalue weighted by Crippen LogP contribution is 2.47. The van der Waals surface area contributed by atoms with Gasteiger partial charge in [-0.15, -0.1) is 0 Å². The molecule has 4 heteroatoms. The van der Waals surface area contributed by atoms with Crippen LogP contribution < -0.4 is 0 Å². The zero-order valence-corrected chi connectivity index (χ0v) is 7.27. The predicted octanol–water partition coefficient (Wildman–Crippen LogP) is 2.05. The molecular formula is C6H13O3P. The molecule has 10 heavy (non-hydrogen) atoms. The van der Waals surface area contributed by atoms with E-state index in [-0.39, 0.29) is 6.35 Å². The van der Waals surface area contributed by atoms with Gasteiger partial charge in [0.25, 0.3) is 0 Å². The molecule has 0 N–H and O–H groups in total. The Bertz CT molecular complexity index is 134. The van der Waals surface area contributed by atoms with Crippen LogP contribution >= 0.6 is 7.37 Å². The summed E-state index contributed by atoms with van der Waals surface area (Å²) in [5.74, 6) is 1.32. The molecule has 0 aliphatic rings. The van der Waals surface area contributed by atoms with Gasteiger partial charge in [-0.25, -0.2) is 0 Å². The molecule has 0 saturated carbocycles. The molecule has 0 spiro atoms. The zero-order chi connectivity index (χ0) is 8.04. The van der Waals surface area contributed by atoms with Gasteiger partial charge in [-0.3, -0.25) is 4.57 Å². The van der Waals surface area contributed by atoms with Crippen molar-refractivity contribution in [3.05, 3.63) is 12.4 Å². The maximum atomic E-state index is 11.3. The molecule has 0 radical (unpaired) electrons. The summed E-state index contributed by atoms with van der Waals surface area (Å²) in [7, 11) is -1.18. The normalized spacial score (nSPS) is 16.2. The Morgan fingerprint density at radius 1 is 1.70 bits per heavy atom. The molecule has 0 rings (SSSR count). The fourth-order valence-electron chi connectivity index (χ4n) is 0.541. The molecule has 0 amide bonds. The Kier molecular flexibility index (Phi) is 4.62. The number of ether oxygens (including phenoxy) is 1. The fraction of sp³-hybridized carbons (Fsp3) is 0.667. The summed E-state index contributed by atoms with van der Waals surface area (Å²) < 4.78 is 20.9. The van der Waals surface area contributed by atoms with Crippen LogP contribution in [-0.2, 0) is 13.8 Å². The van der Waals surface area contributed by atoms with Gasteiger partial charge in [0.2, 0.25) is 7.37 Å². The van der Waals surface area contributed by atoms with Crippen molar-refractivity contribution in [3.8, 4) is 0 Å². The first-order valence-corrected chi connectivity index (χ1v) is 4.92. The molecule has 0 fully saturated rings. The smallest absolute Gasteiger partial charge is 0.249 e. The van der Waals surface area contributed by atoms with Crippen LogP contribution in [0.5, 0.6) is 0 Å². The van der Waals surface area contributed by atoms with E-state index in [9.17, 15) is 4.57 Å². The highest BCUT2D eigenvalue weighted by Gasteiger charge is 2.16. The average Bonchev–Trinajstić information content (AvgIpc) is 1.89. The third kappa shape index (κ3) is 3.16. The molecule has 60 valence electrons. The Morgan fingerprint density at radius 3 is 2.60 bits per heavy atom.